The molecule has 2 N–H and O–H groups in total. The number of ether oxygens (including phenoxy) is 1. The topological polar surface area (TPSA) is 57.2 Å². The Balaban J connectivity index is 1.79. The fourth-order valence-corrected chi connectivity index (χ4v) is 3.13. The van der Waals surface area contributed by atoms with Crippen LogP contribution in [0.1, 0.15) is 16.7 Å². The van der Waals surface area contributed by atoms with Gasteiger partial charge in [-0.3, -0.25) is 4.79 Å². The van der Waals surface area contributed by atoms with Crippen molar-refractivity contribution in [2.24, 2.45) is 5.73 Å². The first-order chi connectivity index (χ1) is 13.0. The van der Waals surface area contributed by atoms with Crippen molar-refractivity contribution in [3.05, 3.63) is 97.9 Å². The number of hydrogen-bond acceptors (Lipinski definition) is 3. The molecule has 0 saturated heterocycles. The molecule has 0 unspecified atom stereocenters. The molecule has 1 heterocycles. The Bertz CT molecular complexity index is 1020. The summed E-state index contributed by atoms with van der Waals surface area (Å²) in [7, 11) is 0. The lowest BCUT2D eigenvalue weighted by atomic mass is 10.1. The molecule has 0 amide bonds. The molecule has 7 heteroatoms. The zero-order chi connectivity index (χ0) is 19.4. The number of halogens is 3. The monoisotopic (exact) mass is 434 g/mol. The van der Waals surface area contributed by atoms with Gasteiger partial charge in [-0.25, -0.2) is 8.78 Å². The first-order valence-corrected chi connectivity index (χ1v) is 9.01. The minimum Gasteiger partial charge on any atom is -0.487 e. The number of pyridine rings is 1. The van der Waals surface area contributed by atoms with Crippen molar-refractivity contribution >= 4 is 15.9 Å². The number of rotatable bonds is 6. The van der Waals surface area contributed by atoms with E-state index in [1.54, 1.807) is 12.3 Å². The lowest BCUT2D eigenvalue weighted by molar-refractivity contribution is 0.296. The molecule has 0 radical (unpaired) electrons. The first-order valence-electron chi connectivity index (χ1n) is 8.22. The van der Waals surface area contributed by atoms with Gasteiger partial charge < -0.3 is 15.0 Å². The van der Waals surface area contributed by atoms with Gasteiger partial charge in [0.15, 0.2) is 0 Å². The van der Waals surface area contributed by atoms with Crippen LogP contribution in [-0.4, -0.2) is 4.57 Å². The average molecular weight is 435 g/mol. The van der Waals surface area contributed by atoms with Crippen molar-refractivity contribution in [1.82, 2.24) is 4.57 Å². The van der Waals surface area contributed by atoms with Crippen molar-refractivity contribution in [3.8, 4) is 5.75 Å². The van der Waals surface area contributed by atoms with E-state index in [0.717, 1.165) is 23.3 Å². The van der Waals surface area contributed by atoms with E-state index < -0.39 is 11.6 Å². The van der Waals surface area contributed by atoms with Crippen LogP contribution < -0.4 is 16.0 Å². The van der Waals surface area contributed by atoms with Gasteiger partial charge in [-0.15, -0.1) is 0 Å². The molecule has 4 nitrogen and oxygen atoms in total. The smallest absolute Gasteiger partial charge is 0.268 e. The van der Waals surface area contributed by atoms with Crippen LogP contribution in [0.25, 0.3) is 0 Å². The zero-order valence-electron chi connectivity index (χ0n) is 14.3. The third kappa shape index (κ3) is 4.43. The van der Waals surface area contributed by atoms with Crippen LogP contribution in [0.3, 0.4) is 0 Å². The van der Waals surface area contributed by atoms with Gasteiger partial charge in [0.1, 0.15) is 28.5 Å². The van der Waals surface area contributed by atoms with Crippen molar-refractivity contribution in [2.75, 3.05) is 0 Å². The largest absolute Gasteiger partial charge is 0.487 e. The number of hydrogen-bond donors (Lipinski definition) is 1. The van der Waals surface area contributed by atoms with Gasteiger partial charge in [0, 0.05) is 24.4 Å². The summed E-state index contributed by atoms with van der Waals surface area (Å²) in [5.74, 6) is -1.07. The molecule has 2 aromatic carbocycles. The maximum Gasteiger partial charge on any atom is 0.268 e. The highest BCUT2D eigenvalue weighted by Crippen LogP contribution is 2.23. The summed E-state index contributed by atoms with van der Waals surface area (Å²) < 4.78 is 34.0. The second-order valence-electron chi connectivity index (χ2n) is 5.92. The van der Waals surface area contributed by atoms with Crippen molar-refractivity contribution in [2.45, 2.75) is 19.7 Å². The fourth-order valence-electron chi connectivity index (χ4n) is 2.65. The van der Waals surface area contributed by atoms with Crippen molar-refractivity contribution in [1.29, 1.82) is 0 Å². The summed E-state index contributed by atoms with van der Waals surface area (Å²) in [4.78, 5) is 12.6. The van der Waals surface area contributed by atoms with Crippen LogP contribution >= 0.6 is 15.9 Å². The van der Waals surface area contributed by atoms with Gasteiger partial charge in [-0.2, -0.15) is 0 Å². The van der Waals surface area contributed by atoms with Gasteiger partial charge in [-0.1, -0.05) is 24.3 Å². The fraction of sp³-hybridized carbons (Fsp3) is 0.150. The molecule has 0 aliphatic carbocycles. The SMILES string of the molecule is NCc1ccccc1Cn1ccc(OCc2ccc(F)cc2F)c(Br)c1=O. The predicted octanol–water partition coefficient (Wildman–Crippen LogP) is 3.98. The van der Waals surface area contributed by atoms with E-state index in [1.165, 1.54) is 10.6 Å². The molecule has 0 bridgehead atoms. The molecule has 0 spiro atoms. The molecule has 0 atom stereocenters. The molecule has 0 saturated carbocycles. The maximum atomic E-state index is 13.7. The molecule has 1 aromatic heterocycles. The normalized spacial score (nSPS) is 10.8. The number of benzene rings is 2. The van der Waals surface area contributed by atoms with Crippen molar-refractivity contribution < 1.29 is 13.5 Å². The molecule has 27 heavy (non-hydrogen) atoms. The standard InChI is InChI=1S/C20H17BrF2N2O2/c21-19-18(27-12-15-5-6-16(22)9-17(15)23)7-8-25(20(19)26)11-14-4-2-1-3-13(14)10-24/h1-9H,10-12,24H2. The minimum absolute atomic E-state index is 0.121. The van der Waals surface area contributed by atoms with E-state index in [4.69, 9.17) is 10.5 Å². The van der Waals surface area contributed by atoms with Gasteiger partial charge in [0.05, 0.1) is 6.54 Å². The van der Waals surface area contributed by atoms with Gasteiger partial charge in [-0.05, 0) is 45.3 Å². The molecular formula is C20H17BrF2N2O2. The van der Waals surface area contributed by atoms with E-state index in [2.05, 4.69) is 15.9 Å². The third-order valence-electron chi connectivity index (χ3n) is 4.15. The molecule has 3 aromatic rings. The Morgan fingerprint density at radius 1 is 1.04 bits per heavy atom. The Labute approximate surface area is 163 Å². The minimum atomic E-state index is -0.696. The number of nitrogens with two attached hydrogens (primary N) is 1. The Morgan fingerprint density at radius 3 is 2.48 bits per heavy atom. The van der Waals surface area contributed by atoms with Gasteiger partial charge in [0.25, 0.3) is 5.56 Å². The second-order valence-corrected chi connectivity index (χ2v) is 6.72. The second kappa shape index (κ2) is 8.45. The Morgan fingerprint density at radius 2 is 1.78 bits per heavy atom. The number of aromatic nitrogens is 1. The number of nitrogens with zero attached hydrogens (tertiary/aromatic N) is 1. The van der Waals surface area contributed by atoms with Gasteiger partial charge >= 0.3 is 0 Å². The lowest BCUT2D eigenvalue weighted by Crippen LogP contribution is -2.22. The van der Waals surface area contributed by atoms with Crippen LogP contribution in [-0.2, 0) is 19.7 Å². The highest BCUT2D eigenvalue weighted by molar-refractivity contribution is 9.10. The van der Waals surface area contributed by atoms with Crippen molar-refractivity contribution in [3.63, 3.8) is 0 Å². The lowest BCUT2D eigenvalue weighted by Gasteiger charge is -2.13. The molecule has 0 fully saturated rings. The van der Waals surface area contributed by atoms with E-state index in [-0.39, 0.29) is 28.0 Å². The van der Waals surface area contributed by atoms with E-state index in [1.807, 2.05) is 24.3 Å². The van der Waals surface area contributed by atoms with Gasteiger partial charge in [0.2, 0.25) is 0 Å². The van der Waals surface area contributed by atoms with Crippen LogP contribution in [0.4, 0.5) is 8.78 Å². The molecular weight excluding hydrogens is 418 g/mol. The Kier molecular flexibility index (Phi) is 6.03. The average Bonchev–Trinajstić information content (AvgIpc) is 2.66. The summed E-state index contributed by atoms with van der Waals surface area (Å²) in [5.41, 5.74) is 7.58. The summed E-state index contributed by atoms with van der Waals surface area (Å²) in [6, 6.07) is 12.5. The van der Waals surface area contributed by atoms with Crippen LogP contribution in [0.5, 0.6) is 5.75 Å². The summed E-state index contributed by atoms with van der Waals surface area (Å²) in [6.45, 7) is 0.637. The summed E-state index contributed by atoms with van der Waals surface area (Å²) >= 11 is 3.25. The zero-order valence-corrected chi connectivity index (χ0v) is 15.9. The molecule has 3 rings (SSSR count). The third-order valence-corrected chi connectivity index (χ3v) is 4.88. The summed E-state index contributed by atoms with van der Waals surface area (Å²) in [6.07, 6.45) is 1.61. The quantitative estimate of drug-likeness (QED) is 0.638. The first kappa shape index (κ1) is 19.3. The highest BCUT2D eigenvalue weighted by Gasteiger charge is 2.12. The van der Waals surface area contributed by atoms with E-state index in [9.17, 15) is 13.6 Å². The van der Waals surface area contributed by atoms with E-state index >= 15 is 0 Å². The van der Waals surface area contributed by atoms with Crippen LogP contribution in [0, 0.1) is 11.6 Å². The Hall–Kier alpha value is -2.51. The molecule has 0 aliphatic heterocycles. The van der Waals surface area contributed by atoms with Crippen LogP contribution in [0.2, 0.25) is 0 Å². The maximum absolute atomic E-state index is 13.7. The van der Waals surface area contributed by atoms with Crippen LogP contribution in [0.15, 0.2) is 64.0 Å². The molecule has 0 aliphatic rings. The summed E-state index contributed by atoms with van der Waals surface area (Å²) in [5, 5.41) is 0. The van der Waals surface area contributed by atoms with E-state index in [0.29, 0.717) is 13.1 Å². The molecule has 140 valence electrons. The highest BCUT2D eigenvalue weighted by atomic mass is 79.9. The predicted molar refractivity (Wildman–Crippen MR) is 103 cm³/mol.